The van der Waals surface area contributed by atoms with Crippen molar-refractivity contribution < 1.29 is 21.1 Å². The molecule has 0 aromatic heterocycles. The number of anilines is 1. The summed E-state index contributed by atoms with van der Waals surface area (Å²) in [6.07, 6.45) is 0. The van der Waals surface area contributed by atoms with E-state index in [9.17, 15) is 9.59 Å². The SMILES string of the molecule is CNc1c([NH-])c(=O)c1=O.[W]. The Kier molecular flexibility index (Phi) is 2.78. The van der Waals surface area contributed by atoms with Crippen LogP contribution in [-0.4, -0.2) is 7.05 Å². The van der Waals surface area contributed by atoms with Crippen LogP contribution in [0.1, 0.15) is 0 Å². The van der Waals surface area contributed by atoms with E-state index in [0.717, 1.165) is 0 Å². The van der Waals surface area contributed by atoms with Crippen molar-refractivity contribution in [3.05, 3.63) is 26.2 Å². The van der Waals surface area contributed by atoms with Gasteiger partial charge < -0.3 is 11.1 Å². The summed E-state index contributed by atoms with van der Waals surface area (Å²) in [5.41, 5.74) is 5.50. The normalized spacial score (nSPS) is 8.90. The van der Waals surface area contributed by atoms with Crippen molar-refractivity contribution in [1.29, 1.82) is 0 Å². The first-order valence-corrected chi connectivity index (χ1v) is 2.41. The quantitative estimate of drug-likeness (QED) is 0.743. The number of nitrogens with one attached hydrogen (secondary N) is 2. The predicted octanol–water partition coefficient (Wildman–Crippen LogP) is 0.00550. The summed E-state index contributed by atoms with van der Waals surface area (Å²) in [5, 5.41) is 2.45. The summed E-state index contributed by atoms with van der Waals surface area (Å²) in [7, 11) is 1.51. The topological polar surface area (TPSA) is 70.0 Å². The average molecular weight is 309 g/mol. The van der Waals surface area contributed by atoms with Gasteiger partial charge in [0.2, 0.25) is 10.9 Å². The summed E-state index contributed by atoms with van der Waals surface area (Å²) in [6, 6.07) is 0. The Labute approximate surface area is 71.4 Å². The van der Waals surface area contributed by atoms with Gasteiger partial charge in [0.05, 0.1) is 5.69 Å². The molecule has 2 N–H and O–H groups in total. The van der Waals surface area contributed by atoms with E-state index in [1.807, 2.05) is 0 Å². The molecule has 1 aromatic carbocycles. The first kappa shape index (κ1) is 9.37. The van der Waals surface area contributed by atoms with Crippen LogP contribution in [0.2, 0.25) is 0 Å². The minimum Gasteiger partial charge on any atom is -0.694 e. The van der Waals surface area contributed by atoms with Gasteiger partial charge in [0, 0.05) is 28.1 Å². The van der Waals surface area contributed by atoms with Crippen LogP contribution in [0.3, 0.4) is 0 Å². The maximum atomic E-state index is 10.4. The standard InChI is InChI=1S/C5H6N2O2.W/c1-7-3-2(6)4(8)5(3)9;/h1H3,(H3,6,7,8,9);/p-1. The maximum absolute atomic E-state index is 10.4. The second-order valence-corrected chi connectivity index (χ2v) is 1.66. The summed E-state index contributed by atoms with van der Waals surface area (Å²) >= 11 is 0. The van der Waals surface area contributed by atoms with Crippen LogP contribution in [0.5, 0.6) is 0 Å². The fourth-order valence-corrected chi connectivity index (χ4v) is 0.630. The average Bonchev–Trinajstić information content (AvgIpc) is 1.89. The van der Waals surface area contributed by atoms with Gasteiger partial charge in [0.1, 0.15) is 0 Å². The summed E-state index contributed by atoms with van der Waals surface area (Å²) in [5.74, 6) is 0. The molecule has 1 rings (SSSR count). The van der Waals surface area contributed by atoms with Crippen molar-refractivity contribution in [2.75, 3.05) is 12.4 Å². The van der Waals surface area contributed by atoms with Gasteiger partial charge >= 0.3 is 0 Å². The number of hydrogen-bond donors (Lipinski definition) is 1. The van der Waals surface area contributed by atoms with Crippen LogP contribution in [0.15, 0.2) is 9.59 Å². The Hall–Kier alpha value is -0.632. The number of hydrogen-bond acceptors (Lipinski definition) is 3. The van der Waals surface area contributed by atoms with Crippen LogP contribution in [0, 0.1) is 0 Å². The first-order chi connectivity index (χ1) is 4.18. The zero-order valence-corrected chi connectivity index (χ0v) is 8.16. The van der Waals surface area contributed by atoms with Crippen molar-refractivity contribution in [3.63, 3.8) is 0 Å². The molecule has 0 heterocycles. The van der Waals surface area contributed by atoms with Crippen LogP contribution in [0.4, 0.5) is 11.4 Å². The third-order valence-corrected chi connectivity index (χ3v) is 1.16. The second-order valence-electron chi connectivity index (χ2n) is 1.66. The molecule has 0 saturated heterocycles. The van der Waals surface area contributed by atoms with E-state index in [1.54, 1.807) is 0 Å². The molecule has 5 heteroatoms. The van der Waals surface area contributed by atoms with E-state index < -0.39 is 10.9 Å². The second kappa shape index (κ2) is 2.97. The monoisotopic (exact) mass is 309 g/mol. The third kappa shape index (κ3) is 0.991. The Balaban J connectivity index is 0.000000810. The molecule has 10 heavy (non-hydrogen) atoms. The Bertz CT molecular complexity index is 300. The molecular formula is C5H5N2O2W-. The fourth-order valence-electron chi connectivity index (χ4n) is 0.630. The maximum Gasteiger partial charge on any atom is 0.246 e. The summed E-state index contributed by atoms with van der Waals surface area (Å²) in [6.45, 7) is 0. The molecule has 0 aliphatic rings. The largest absolute Gasteiger partial charge is 0.694 e. The molecule has 0 aliphatic carbocycles. The smallest absolute Gasteiger partial charge is 0.246 e. The summed E-state index contributed by atoms with van der Waals surface area (Å²) < 4.78 is 0. The van der Waals surface area contributed by atoms with Crippen LogP contribution < -0.4 is 16.2 Å². The Morgan fingerprint density at radius 3 is 2.00 bits per heavy atom. The van der Waals surface area contributed by atoms with E-state index in [1.165, 1.54) is 7.05 Å². The van der Waals surface area contributed by atoms with E-state index in [2.05, 4.69) is 5.32 Å². The van der Waals surface area contributed by atoms with E-state index in [0.29, 0.717) is 0 Å². The molecule has 0 bridgehead atoms. The zero-order valence-electron chi connectivity index (χ0n) is 5.22. The minimum absolute atomic E-state index is 0. The molecule has 0 radical (unpaired) electrons. The van der Waals surface area contributed by atoms with Crippen LogP contribution >= 0.6 is 0 Å². The molecule has 0 unspecified atom stereocenters. The molecule has 0 aliphatic heterocycles. The van der Waals surface area contributed by atoms with Gasteiger partial charge in [0.15, 0.2) is 0 Å². The molecule has 0 fully saturated rings. The van der Waals surface area contributed by atoms with Gasteiger partial charge in [-0.25, -0.2) is 0 Å². The van der Waals surface area contributed by atoms with E-state index in [4.69, 9.17) is 5.73 Å². The fraction of sp³-hybridized carbons (Fsp3) is 0.200. The van der Waals surface area contributed by atoms with Crippen molar-refractivity contribution in [1.82, 2.24) is 0 Å². The Morgan fingerprint density at radius 1 is 1.30 bits per heavy atom. The molecule has 4 nitrogen and oxygen atoms in total. The molecular weight excluding hydrogens is 304 g/mol. The first-order valence-electron chi connectivity index (χ1n) is 2.41. The van der Waals surface area contributed by atoms with Crippen LogP contribution in [-0.2, 0) is 21.1 Å². The number of rotatable bonds is 1. The minimum atomic E-state index is -0.695. The van der Waals surface area contributed by atoms with E-state index in [-0.39, 0.29) is 32.4 Å². The zero-order chi connectivity index (χ0) is 7.02. The van der Waals surface area contributed by atoms with Crippen molar-refractivity contribution in [2.45, 2.75) is 0 Å². The van der Waals surface area contributed by atoms with Crippen molar-refractivity contribution in [3.8, 4) is 0 Å². The van der Waals surface area contributed by atoms with Gasteiger partial charge in [0.25, 0.3) is 0 Å². The van der Waals surface area contributed by atoms with Gasteiger partial charge in [-0.3, -0.25) is 9.59 Å². The molecule has 54 valence electrons. The van der Waals surface area contributed by atoms with Gasteiger partial charge in [-0.2, -0.15) is 0 Å². The van der Waals surface area contributed by atoms with Crippen LogP contribution in [0.25, 0.3) is 5.73 Å². The molecule has 0 saturated carbocycles. The van der Waals surface area contributed by atoms with Gasteiger partial charge in [-0.05, 0) is 0 Å². The van der Waals surface area contributed by atoms with Crippen molar-refractivity contribution >= 4 is 11.4 Å². The van der Waals surface area contributed by atoms with E-state index >= 15 is 0 Å². The van der Waals surface area contributed by atoms with Gasteiger partial charge in [-0.15, -0.1) is 0 Å². The Morgan fingerprint density at radius 2 is 1.80 bits per heavy atom. The molecule has 1 aromatic rings. The predicted molar refractivity (Wildman–Crippen MR) is 34.9 cm³/mol. The van der Waals surface area contributed by atoms with Crippen molar-refractivity contribution in [2.24, 2.45) is 0 Å². The molecule has 0 spiro atoms. The molecule has 0 amide bonds. The third-order valence-electron chi connectivity index (χ3n) is 1.16. The van der Waals surface area contributed by atoms with Gasteiger partial charge in [-0.1, -0.05) is 5.69 Å². The summed E-state index contributed by atoms with van der Waals surface area (Å²) in [4.78, 5) is 20.7. The molecule has 0 atom stereocenters.